The van der Waals surface area contributed by atoms with Gasteiger partial charge in [0.1, 0.15) is 11.6 Å². The topological polar surface area (TPSA) is 43.8 Å². The lowest BCUT2D eigenvalue weighted by atomic mass is 9.64. The smallest absolute Gasteiger partial charge is 0.147 e. The molecule has 2 aromatic rings. The van der Waals surface area contributed by atoms with E-state index in [9.17, 15) is 4.39 Å². The van der Waals surface area contributed by atoms with Crippen LogP contribution >= 0.6 is 0 Å². The first-order valence-electron chi connectivity index (χ1n) is 6.67. The summed E-state index contributed by atoms with van der Waals surface area (Å²) in [5.74, 6) is 0.571. The molecule has 0 bridgehead atoms. The zero-order valence-electron chi connectivity index (χ0n) is 11.1. The van der Waals surface area contributed by atoms with Crippen LogP contribution in [0.5, 0.6) is 0 Å². The molecule has 0 unspecified atom stereocenters. The highest BCUT2D eigenvalue weighted by atomic mass is 19.1. The average molecular weight is 259 g/mol. The molecule has 0 amide bonds. The summed E-state index contributed by atoms with van der Waals surface area (Å²) < 4.78 is 16.1. The van der Waals surface area contributed by atoms with Crippen molar-refractivity contribution in [3.8, 4) is 5.69 Å². The van der Waals surface area contributed by atoms with Crippen LogP contribution in [0.2, 0.25) is 0 Å². The molecule has 1 aromatic carbocycles. The molecule has 4 heteroatoms. The monoisotopic (exact) mass is 259 g/mol. The molecule has 1 saturated carbocycles. The summed E-state index contributed by atoms with van der Waals surface area (Å²) in [6, 6.07) is 5.47. The lowest BCUT2D eigenvalue weighted by Crippen LogP contribution is -2.41. The van der Waals surface area contributed by atoms with Crippen LogP contribution in [0.1, 0.15) is 30.7 Å². The zero-order valence-corrected chi connectivity index (χ0v) is 11.1. The van der Waals surface area contributed by atoms with Crippen molar-refractivity contribution in [3.63, 3.8) is 0 Å². The van der Waals surface area contributed by atoms with Gasteiger partial charge in [0.05, 0.1) is 5.69 Å². The molecule has 1 aliphatic carbocycles. The predicted molar refractivity (Wildman–Crippen MR) is 72.8 cm³/mol. The van der Waals surface area contributed by atoms with Gasteiger partial charge in [0, 0.05) is 24.4 Å². The van der Waals surface area contributed by atoms with Crippen LogP contribution in [0.25, 0.3) is 5.69 Å². The lowest BCUT2D eigenvalue weighted by molar-refractivity contribution is 0.252. The average Bonchev–Trinajstić information content (AvgIpc) is 2.75. The van der Waals surface area contributed by atoms with E-state index in [1.54, 1.807) is 23.0 Å². The Kier molecular flexibility index (Phi) is 2.90. The van der Waals surface area contributed by atoms with E-state index in [4.69, 9.17) is 5.73 Å². The first kappa shape index (κ1) is 12.4. The quantitative estimate of drug-likeness (QED) is 0.921. The van der Waals surface area contributed by atoms with Crippen LogP contribution in [-0.2, 0) is 5.41 Å². The molecule has 19 heavy (non-hydrogen) atoms. The third kappa shape index (κ3) is 1.87. The standard InChI is InChI=1S/C15H18FN3/c1-11-18-7-8-19(11)14-4-3-12(9-13(14)16)15(10-17)5-2-6-15/h3-4,7-9H,2,5-6,10,17H2,1H3. The molecule has 0 radical (unpaired) electrons. The highest BCUT2D eigenvalue weighted by Crippen LogP contribution is 2.43. The summed E-state index contributed by atoms with van der Waals surface area (Å²) in [4.78, 5) is 4.13. The number of imidazole rings is 1. The Morgan fingerprint density at radius 2 is 2.21 bits per heavy atom. The van der Waals surface area contributed by atoms with Crippen molar-refractivity contribution in [2.75, 3.05) is 6.54 Å². The minimum atomic E-state index is -0.210. The maximum Gasteiger partial charge on any atom is 0.147 e. The van der Waals surface area contributed by atoms with Crippen LogP contribution in [0.15, 0.2) is 30.6 Å². The number of benzene rings is 1. The van der Waals surface area contributed by atoms with Crippen LogP contribution in [0.3, 0.4) is 0 Å². The highest BCUT2D eigenvalue weighted by molar-refractivity contribution is 5.41. The van der Waals surface area contributed by atoms with Gasteiger partial charge in [0.2, 0.25) is 0 Å². The van der Waals surface area contributed by atoms with Gasteiger partial charge in [-0.1, -0.05) is 12.5 Å². The third-order valence-electron chi connectivity index (χ3n) is 4.35. The molecule has 3 rings (SSSR count). The van der Waals surface area contributed by atoms with Crippen molar-refractivity contribution in [2.24, 2.45) is 5.73 Å². The van der Waals surface area contributed by atoms with E-state index in [1.807, 2.05) is 19.1 Å². The molecule has 1 fully saturated rings. The van der Waals surface area contributed by atoms with Crippen molar-refractivity contribution in [1.29, 1.82) is 0 Å². The van der Waals surface area contributed by atoms with E-state index < -0.39 is 0 Å². The Balaban J connectivity index is 2.01. The minimum absolute atomic E-state index is 0.00333. The molecule has 0 saturated heterocycles. The van der Waals surface area contributed by atoms with Gasteiger partial charge < -0.3 is 10.3 Å². The van der Waals surface area contributed by atoms with E-state index in [2.05, 4.69) is 4.98 Å². The van der Waals surface area contributed by atoms with Gasteiger partial charge in [-0.2, -0.15) is 0 Å². The molecule has 0 spiro atoms. The molecule has 2 N–H and O–H groups in total. The Bertz CT molecular complexity index is 594. The normalized spacial score (nSPS) is 17.2. The number of nitrogens with zero attached hydrogens (tertiary/aromatic N) is 2. The summed E-state index contributed by atoms with van der Waals surface area (Å²) >= 11 is 0. The van der Waals surface area contributed by atoms with Crippen molar-refractivity contribution in [3.05, 3.63) is 47.8 Å². The largest absolute Gasteiger partial charge is 0.330 e. The molecular formula is C15H18FN3. The first-order chi connectivity index (χ1) is 9.16. The van der Waals surface area contributed by atoms with Gasteiger partial charge >= 0.3 is 0 Å². The van der Waals surface area contributed by atoms with E-state index in [0.29, 0.717) is 12.2 Å². The fourth-order valence-corrected chi connectivity index (χ4v) is 2.88. The Hall–Kier alpha value is -1.68. The summed E-state index contributed by atoms with van der Waals surface area (Å²) in [6.45, 7) is 2.45. The van der Waals surface area contributed by atoms with E-state index in [0.717, 1.165) is 24.2 Å². The fraction of sp³-hybridized carbons (Fsp3) is 0.400. The molecule has 1 heterocycles. The highest BCUT2D eigenvalue weighted by Gasteiger charge is 2.37. The van der Waals surface area contributed by atoms with Gasteiger partial charge in [-0.05, 0) is 37.5 Å². The number of rotatable bonds is 3. The number of hydrogen-bond acceptors (Lipinski definition) is 2. The Morgan fingerprint density at radius 3 is 2.68 bits per heavy atom. The summed E-state index contributed by atoms with van der Waals surface area (Å²) in [7, 11) is 0. The molecular weight excluding hydrogens is 241 g/mol. The van der Waals surface area contributed by atoms with Gasteiger partial charge in [0.15, 0.2) is 0 Å². The molecule has 1 aliphatic rings. The maximum atomic E-state index is 14.3. The van der Waals surface area contributed by atoms with Gasteiger partial charge in [-0.25, -0.2) is 9.37 Å². The second-order valence-electron chi connectivity index (χ2n) is 5.35. The fourth-order valence-electron chi connectivity index (χ4n) is 2.88. The Morgan fingerprint density at radius 1 is 1.42 bits per heavy atom. The van der Waals surface area contributed by atoms with Crippen molar-refractivity contribution >= 4 is 0 Å². The van der Waals surface area contributed by atoms with Crippen LogP contribution in [0.4, 0.5) is 4.39 Å². The molecule has 0 aliphatic heterocycles. The SMILES string of the molecule is Cc1nccn1-c1ccc(C2(CN)CCC2)cc1F. The Labute approximate surface area is 112 Å². The second-order valence-corrected chi connectivity index (χ2v) is 5.35. The number of nitrogens with two attached hydrogens (primary N) is 1. The van der Waals surface area contributed by atoms with Crippen molar-refractivity contribution < 1.29 is 4.39 Å². The van der Waals surface area contributed by atoms with Crippen molar-refractivity contribution in [1.82, 2.24) is 9.55 Å². The number of aromatic nitrogens is 2. The molecule has 0 atom stereocenters. The summed E-state index contributed by atoms with van der Waals surface area (Å²) in [6.07, 6.45) is 6.76. The number of hydrogen-bond donors (Lipinski definition) is 1. The second kappa shape index (κ2) is 4.46. The van der Waals surface area contributed by atoms with Gasteiger partial charge in [0.25, 0.3) is 0 Å². The number of halogens is 1. The molecule has 3 nitrogen and oxygen atoms in total. The van der Waals surface area contributed by atoms with E-state index in [1.165, 1.54) is 6.42 Å². The zero-order chi connectivity index (χ0) is 13.5. The van der Waals surface area contributed by atoms with Gasteiger partial charge in [-0.3, -0.25) is 0 Å². The number of aryl methyl sites for hydroxylation is 1. The summed E-state index contributed by atoms with van der Waals surface area (Å²) in [5.41, 5.74) is 7.45. The predicted octanol–water partition coefficient (Wildman–Crippen LogP) is 2.70. The molecule has 100 valence electrons. The van der Waals surface area contributed by atoms with Crippen LogP contribution in [-0.4, -0.2) is 16.1 Å². The van der Waals surface area contributed by atoms with Crippen LogP contribution < -0.4 is 5.73 Å². The summed E-state index contributed by atoms with van der Waals surface area (Å²) in [5, 5.41) is 0. The lowest BCUT2D eigenvalue weighted by Gasteiger charge is -2.41. The van der Waals surface area contributed by atoms with Gasteiger partial charge in [-0.15, -0.1) is 0 Å². The molecule has 1 aromatic heterocycles. The van der Waals surface area contributed by atoms with Crippen molar-refractivity contribution in [2.45, 2.75) is 31.6 Å². The van der Waals surface area contributed by atoms with E-state index in [-0.39, 0.29) is 11.2 Å². The first-order valence-corrected chi connectivity index (χ1v) is 6.67. The minimum Gasteiger partial charge on any atom is -0.330 e. The van der Waals surface area contributed by atoms with Crippen LogP contribution in [0, 0.1) is 12.7 Å². The third-order valence-corrected chi connectivity index (χ3v) is 4.35. The maximum absolute atomic E-state index is 14.3. The van der Waals surface area contributed by atoms with E-state index >= 15 is 0 Å².